The highest BCUT2D eigenvalue weighted by atomic mass is 19.4. The smallest absolute Gasteiger partial charge is 0.388 e. The van der Waals surface area contributed by atoms with Crippen molar-refractivity contribution < 1.29 is 23.1 Å². The lowest BCUT2D eigenvalue weighted by atomic mass is 9.93. The third-order valence-corrected chi connectivity index (χ3v) is 2.01. The van der Waals surface area contributed by atoms with E-state index < -0.39 is 18.4 Å². The van der Waals surface area contributed by atoms with E-state index in [1.807, 2.05) is 0 Å². The van der Waals surface area contributed by atoms with Crippen LogP contribution in [0.25, 0.3) is 0 Å². The Morgan fingerprint density at radius 2 is 1.86 bits per heavy atom. The van der Waals surface area contributed by atoms with Crippen molar-refractivity contribution in [1.29, 1.82) is 0 Å². The maximum atomic E-state index is 11.6. The summed E-state index contributed by atoms with van der Waals surface area (Å²) in [6, 6.07) is 0. The number of hydrogen-bond acceptors (Lipinski definition) is 3. The van der Waals surface area contributed by atoms with Gasteiger partial charge in [-0.3, -0.25) is 4.84 Å². The van der Waals surface area contributed by atoms with Gasteiger partial charge in [0.2, 0.25) is 0 Å². The molecule has 0 bridgehead atoms. The summed E-state index contributed by atoms with van der Waals surface area (Å²) in [5, 5.41) is 9.60. The first-order valence-corrected chi connectivity index (χ1v) is 4.29. The number of rotatable bonds is 5. The molecule has 14 heavy (non-hydrogen) atoms. The summed E-state index contributed by atoms with van der Waals surface area (Å²) < 4.78 is 34.8. The predicted molar refractivity (Wildman–Crippen MR) is 45.5 cm³/mol. The first-order chi connectivity index (χ1) is 6.15. The van der Waals surface area contributed by atoms with Gasteiger partial charge in [0.15, 0.2) is 6.61 Å². The molecule has 0 aliphatic rings. The van der Waals surface area contributed by atoms with Gasteiger partial charge < -0.3 is 5.11 Å². The van der Waals surface area contributed by atoms with E-state index in [9.17, 15) is 18.3 Å². The minimum absolute atomic E-state index is 0.0409. The molecule has 0 aromatic heterocycles. The van der Waals surface area contributed by atoms with E-state index >= 15 is 0 Å². The minimum atomic E-state index is -4.35. The molecule has 0 rings (SSSR count). The molecule has 0 saturated heterocycles. The Balaban J connectivity index is 3.65. The van der Waals surface area contributed by atoms with E-state index in [1.54, 1.807) is 13.8 Å². The maximum absolute atomic E-state index is 11.6. The monoisotopic (exact) mass is 215 g/mol. The molecule has 6 heteroatoms. The Hall–Kier alpha value is -0.330. The van der Waals surface area contributed by atoms with Gasteiger partial charge in [-0.2, -0.15) is 18.7 Å². The predicted octanol–water partition coefficient (Wildman–Crippen LogP) is 1.48. The normalized spacial score (nSPS) is 17.1. The van der Waals surface area contributed by atoms with Crippen molar-refractivity contribution >= 4 is 0 Å². The van der Waals surface area contributed by atoms with Crippen molar-refractivity contribution in [2.75, 3.05) is 13.2 Å². The van der Waals surface area contributed by atoms with Crippen molar-refractivity contribution in [3.63, 3.8) is 0 Å². The van der Waals surface area contributed by atoms with E-state index in [1.165, 1.54) is 6.92 Å². The molecule has 0 heterocycles. The number of alkyl halides is 3. The van der Waals surface area contributed by atoms with Crippen molar-refractivity contribution in [2.45, 2.75) is 32.5 Å². The van der Waals surface area contributed by atoms with Crippen LogP contribution in [-0.2, 0) is 4.84 Å². The molecule has 0 amide bonds. The fourth-order valence-electron chi connectivity index (χ4n) is 0.534. The molecule has 86 valence electrons. The van der Waals surface area contributed by atoms with Crippen molar-refractivity contribution in [3.05, 3.63) is 0 Å². The highest BCUT2D eigenvalue weighted by Crippen LogP contribution is 2.16. The molecule has 1 atom stereocenters. The third-order valence-electron chi connectivity index (χ3n) is 2.01. The van der Waals surface area contributed by atoms with E-state index in [2.05, 4.69) is 10.3 Å². The average Bonchev–Trinajstić information content (AvgIpc) is 1.96. The van der Waals surface area contributed by atoms with Gasteiger partial charge in [-0.15, -0.1) is 0 Å². The SMILES string of the molecule is CC(C)C(C)(O)CNOCC(F)(F)F. The lowest BCUT2D eigenvalue weighted by molar-refractivity contribution is -0.194. The Morgan fingerprint density at radius 1 is 1.36 bits per heavy atom. The Labute approximate surface area is 81.2 Å². The molecule has 0 aliphatic heterocycles. The quantitative estimate of drug-likeness (QED) is 0.539. The largest absolute Gasteiger partial charge is 0.413 e. The van der Waals surface area contributed by atoms with Crippen LogP contribution in [0.5, 0.6) is 0 Å². The van der Waals surface area contributed by atoms with Crippen molar-refractivity contribution in [2.24, 2.45) is 5.92 Å². The fourth-order valence-corrected chi connectivity index (χ4v) is 0.534. The molecular formula is C8H16F3NO2. The molecule has 0 radical (unpaired) electrons. The highest BCUT2D eigenvalue weighted by molar-refractivity contribution is 4.77. The van der Waals surface area contributed by atoms with Gasteiger partial charge in [0.25, 0.3) is 0 Å². The molecule has 0 saturated carbocycles. The minimum Gasteiger partial charge on any atom is -0.388 e. The molecule has 3 nitrogen and oxygen atoms in total. The standard InChI is InChI=1S/C8H16F3NO2/c1-6(2)7(3,13)4-12-14-5-8(9,10)11/h6,12-13H,4-5H2,1-3H3. The highest BCUT2D eigenvalue weighted by Gasteiger charge is 2.29. The number of hydroxylamine groups is 1. The van der Waals surface area contributed by atoms with Gasteiger partial charge >= 0.3 is 6.18 Å². The van der Waals surface area contributed by atoms with Gasteiger partial charge in [0, 0.05) is 6.54 Å². The third kappa shape index (κ3) is 6.17. The van der Waals surface area contributed by atoms with Crippen LogP contribution in [0, 0.1) is 5.92 Å². The number of aliphatic hydroxyl groups is 1. The Bertz CT molecular complexity index is 168. The zero-order valence-electron chi connectivity index (χ0n) is 8.48. The summed E-state index contributed by atoms with van der Waals surface area (Å²) in [6.45, 7) is 3.67. The summed E-state index contributed by atoms with van der Waals surface area (Å²) in [7, 11) is 0. The first-order valence-electron chi connectivity index (χ1n) is 4.29. The summed E-state index contributed by atoms with van der Waals surface area (Å²) in [4.78, 5) is 4.15. The molecule has 2 N–H and O–H groups in total. The van der Waals surface area contributed by atoms with Gasteiger partial charge in [0.05, 0.1) is 5.60 Å². The molecular weight excluding hydrogens is 199 g/mol. The molecule has 0 spiro atoms. The molecule has 0 aliphatic carbocycles. The van der Waals surface area contributed by atoms with Gasteiger partial charge in [-0.25, -0.2) is 0 Å². The summed E-state index contributed by atoms with van der Waals surface area (Å²) >= 11 is 0. The molecule has 0 fully saturated rings. The van der Waals surface area contributed by atoms with Crippen LogP contribution in [0.2, 0.25) is 0 Å². The van der Waals surface area contributed by atoms with Crippen molar-refractivity contribution in [3.8, 4) is 0 Å². The zero-order valence-corrected chi connectivity index (χ0v) is 8.48. The number of halogens is 3. The van der Waals surface area contributed by atoms with E-state index in [-0.39, 0.29) is 12.5 Å². The zero-order chi connectivity index (χ0) is 11.4. The number of hydrogen-bond donors (Lipinski definition) is 2. The van der Waals surface area contributed by atoms with Crippen molar-refractivity contribution in [1.82, 2.24) is 5.48 Å². The van der Waals surface area contributed by atoms with Crippen LogP contribution in [0.1, 0.15) is 20.8 Å². The van der Waals surface area contributed by atoms with Crippen LogP contribution < -0.4 is 5.48 Å². The summed E-state index contributed by atoms with van der Waals surface area (Å²) in [6.07, 6.45) is -4.35. The number of nitrogens with one attached hydrogen (secondary N) is 1. The second kappa shape index (κ2) is 4.95. The van der Waals surface area contributed by atoms with Crippen LogP contribution in [0.15, 0.2) is 0 Å². The van der Waals surface area contributed by atoms with Gasteiger partial charge in [0.1, 0.15) is 0 Å². The summed E-state index contributed by atoms with van der Waals surface area (Å²) in [5.74, 6) is -0.0653. The van der Waals surface area contributed by atoms with E-state index in [0.29, 0.717) is 0 Å². The fraction of sp³-hybridized carbons (Fsp3) is 1.00. The second-order valence-corrected chi connectivity index (χ2v) is 3.74. The summed E-state index contributed by atoms with van der Waals surface area (Å²) in [5.41, 5.74) is 1.02. The Morgan fingerprint density at radius 3 is 2.21 bits per heavy atom. The molecule has 0 aromatic rings. The lowest BCUT2D eigenvalue weighted by Gasteiger charge is -2.27. The maximum Gasteiger partial charge on any atom is 0.413 e. The van der Waals surface area contributed by atoms with Crippen LogP contribution in [0.3, 0.4) is 0 Å². The van der Waals surface area contributed by atoms with Gasteiger partial charge in [-0.05, 0) is 12.8 Å². The molecule has 1 unspecified atom stereocenters. The molecule has 0 aromatic carbocycles. The topological polar surface area (TPSA) is 41.5 Å². The first kappa shape index (κ1) is 13.7. The lowest BCUT2D eigenvalue weighted by Crippen LogP contribution is -2.43. The van der Waals surface area contributed by atoms with Crippen LogP contribution in [-0.4, -0.2) is 30.0 Å². The van der Waals surface area contributed by atoms with Gasteiger partial charge in [-0.1, -0.05) is 13.8 Å². The van der Waals surface area contributed by atoms with Crippen LogP contribution in [0.4, 0.5) is 13.2 Å². The second-order valence-electron chi connectivity index (χ2n) is 3.74. The van der Waals surface area contributed by atoms with E-state index in [0.717, 1.165) is 0 Å². The Kier molecular flexibility index (Phi) is 4.83. The van der Waals surface area contributed by atoms with E-state index in [4.69, 9.17) is 0 Å². The average molecular weight is 215 g/mol. The van der Waals surface area contributed by atoms with Crippen LogP contribution >= 0.6 is 0 Å².